The van der Waals surface area contributed by atoms with Crippen molar-refractivity contribution in [3.05, 3.63) is 10.6 Å². The third-order valence-electron chi connectivity index (χ3n) is 13.7. The summed E-state index contributed by atoms with van der Waals surface area (Å²) < 4.78 is 139. The first-order valence-corrected chi connectivity index (χ1v) is 25.0. The van der Waals surface area contributed by atoms with E-state index in [-0.39, 0.29) is 117 Å². The van der Waals surface area contributed by atoms with E-state index in [2.05, 4.69) is 0 Å². The maximum atomic E-state index is 12.4. The summed E-state index contributed by atoms with van der Waals surface area (Å²) in [7, 11) is -17.7. The van der Waals surface area contributed by atoms with Crippen LogP contribution in [0.1, 0.15) is 77.0 Å². The Morgan fingerprint density at radius 1 is 0.421 bits per heavy atom. The molecule has 5 aliphatic heterocycles. The maximum absolute atomic E-state index is 12.4. The maximum Gasteiger partial charge on any atom is 2.00 e. The largest absolute Gasteiger partial charge is 2.00 e. The smallest absolute Gasteiger partial charge is 0.618 e. The van der Waals surface area contributed by atoms with Gasteiger partial charge in [0.15, 0.2) is 0 Å². The van der Waals surface area contributed by atoms with Crippen LogP contribution in [0.15, 0.2) is 30.0 Å². The molecule has 57 heavy (non-hydrogen) atoms. The Morgan fingerprint density at radius 3 is 1.35 bits per heavy atom. The summed E-state index contributed by atoms with van der Waals surface area (Å²) >= 11 is 0. The van der Waals surface area contributed by atoms with E-state index in [1.807, 2.05) is 0 Å². The Balaban J connectivity index is 0.00000455. The average molecular weight is 923 g/mol. The van der Waals surface area contributed by atoms with Crippen molar-refractivity contribution in [2.45, 2.75) is 110 Å². The van der Waals surface area contributed by atoms with Gasteiger partial charge in [-0.2, -0.15) is 33.7 Å². The van der Waals surface area contributed by atoms with E-state index in [0.29, 0.717) is 18.1 Å². The molecule has 25 heteroatoms. The van der Waals surface area contributed by atoms with Gasteiger partial charge in [0.1, 0.15) is 11.7 Å². The van der Waals surface area contributed by atoms with Crippen LogP contribution < -0.4 is 0 Å². The van der Waals surface area contributed by atoms with E-state index in [9.17, 15) is 51.9 Å². The van der Waals surface area contributed by atoms with Crippen molar-refractivity contribution in [3.8, 4) is 0 Å². The molecule has 20 nitrogen and oxygen atoms in total. The van der Waals surface area contributed by atoms with Crippen molar-refractivity contribution >= 4 is 75.5 Å². The molecule has 2 saturated heterocycles. The van der Waals surface area contributed by atoms with E-state index in [4.69, 9.17) is 40.6 Å². The molecular weight excluding hydrogens is 880 g/mol. The summed E-state index contributed by atoms with van der Waals surface area (Å²) in [6.07, 6.45) is 0.0530. The molecule has 5 heterocycles. The number of hydrogen-bond acceptors (Lipinski definition) is 14. The number of nitrogens with zero attached hydrogens (tertiary/aromatic N) is 8. The van der Waals surface area contributed by atoms with Gasteiger partial charge in [-0.1, -0.05) is 0 Å². The molecule has 9 rings (SSSR count). The summed E-state index contributed by atoms with van der Waals surface area (Å²) in [5, 5.41) is 5.51. The summed E-state index contributed by atoms with van der Waals surface area (Å²) in [6, 6.07) is 0. The number of aliphatic imine (C=N–C) groups is 6. The van der Waals surface area contributed by atoms with Gasteiger partial charge in [-0.25, -0.2) is 9.98 Å². The van der Waals surface area contributed by atoms with Crippen molar-refractivity contribution < 1.29 is 69.0 Å². The van der Waals surface area contributed by atoms with Crippen LogP contribution >= 0.6 is 0 Å². The van der Waals surface area contributed by atoms with E-state index in [0.717, 1.165) is 0 Å². The van der Waals surface area contributed by atoms with E-state index in [1.54, 1.807) is 0 Å². The third kappa shape index (κ3) is 7.65. The minimum atomic E-state index is -4.42. The van der Waals surface area contributed by atoms with Crippen molar-refractivity contribution in [1.82, 2.24) is 0 Å². The molecule has 0 aromatic carbocycles. The number of amidine groups is 6. The predicted molar refractivity (Wildman–Crippen MR) is 204 cm³/mol. The molecule has 317 valence electrons. The van der Waals surface area contributed by atoms with Gasteiger partial charge in [-0.05, 0) is 125 Å². The number of hydrogen-bond donors (Lipinski definition) is 4. The number of rotatable bonds is 4. The molecule has 1 radical (unpaired) electrons. The molecule has 0 spiro atoms. The predicted octanol–water partition coefficient (Wildman–Crippen LogP) is 2.53. The molecule has 4 aliphatic carbocycles. The number of fused-ring (bicyclic) bond motifs is 18. The Morgan fingerprint density at radius 2 is 0.807 bits per heavy atom. The fraction of sp³-hybridized carbons (Fsp3) is 0.812. The van der Waals surface area contributed by atoms with E-state index in [1.165, 1.54) is 0 Å². The second-order valence-corrected chi connectivity index (χ2v) is 23.5. The second-order valence-electron chi connectivity index (χ2n) is 16.7. The average Bonchev–Trinajstić information content (AvgIpc) is 3.84. The van der Waals surface area contributed by atoms with E-state index >= 15 is 0 Å². The summed E-state index contributed by atoms with van der Waals surface area (Å²) in [4.78, 5) is 29.5. The molecule has 4 saturated carbocycles. The van der Waals surface area contributed by atoms with Gasteiger partial charge in [0.25, 0.3) is 40.5 Å². The van der Waals surface area contributed by atoms with Crippen LogP contribution in [0.25, 0.3) is 10.6 Å². The fourth-order valence-electron chi connectivity index (χ4n) is 10.8. The third-order valence-corrected chi connectivity index (χ3v) is 18.8. The van der Waals surface area contributed by atoms with Crippen LogP contribution in [0.5, 0.6) is 0 Å². The van der Waals surface area contributed by atoms with Crippen LogP contribution in [0, 0.1) is 47.3 Å². The molecular formula is C32H42CuN8O12S4. The van der Waals surface area contributed by atoms with Crippen molar-refractivity contribution in [1.29, 1.82) is 0 Å². The molecule has 0 aromatic heterocycles. The summed E-state index contributed by atoms with van der Waals surface area (Å²) in [5.74, 6) is -2.28. The van der Waals surface area contributed by atoms with Crippen LogP contribution in [0.4, 0.5) is 0 Å². The molecule has 6 fully saturated rings. The zero-order chi connectivity index (χ0) is 39.7. The Bertz CT molecular complexity index is 2370. The minimum absolute atomic E-state index is 0. The first-order chi connectivity index (χ1) is 26.2. The van der Waals surface area contributed by atoms with Crippen LogP contribution in [-0.4, -0.2) is 120 Å². The normalized spacial score (nSPS) is 43.4. The SMILES string of the molecule is O=S(=O)(O)C1CCC2C3=NC4=N/C(=N\C5[N-]C(/N=C6\N=C(N=C([N-]3)C2C1)C1CCC(S(=O)(=O)O)CC61)C1CCC(S(=O)(=O)O)CC51)C1CCC(S(=O)(=O)O)CC41.[Cu+2]. The Labute approximate surface area is 341 Å². The monoisotopic (exact) mass is 921 g/mol. The molecule has 0 amide bonds. The minimum Gasteiger partial charge on any atom is -0.618 e. The van der Waals surface area contributed by atoms with E-state index < -0.39 is 115 Å². The van der Waals surface area contributed by atoms with Crippen LogP contribution in [-0.2, 0) is 57.5 Å². The molecule has 14 unspecified atom stereocenters. The standard InChI is InChI=1S/C32H42N8O12S4.Cu/c41-53(42,43)13-1-5-17-21(9-13)29-33-25(17)37-30-22-10-14(54(44,45)46)2-6-18(22)27(34-30)39-32-24-12-16(56(50,51)52)4-8-20(24)28(36-32)40-31-23-11-15(55(47,48)49)3-7-19(23)26(35-31)38-29;/h13-25,29H,1-12H2,(H4-,34,35,36,37,38,39,40,41,42,43,44,45,46,47,48,49,50,51,52);/q-2;+2. The quantitative estimate of drug-likeness (QED) is 0.234. The molecule has 4 N–H and O–H groups in total. The Kier molecular flexibility index (Phi) is 10.6. The van der Waals surface area contributed by atoms with Gasteiger partial charge in [0.2, 0.25) is 0 Å². The first-order valence-electron chi connectivity index (χ1n) is 19.0. The summed E-state index contributed by atoms with van der Waals surface area (Å²) in [6.45, 7) is 0. The topological polar surface area (TPSA) is 320 Å². The van der Waals surface area contributed by atoms with Crippen molar-refractivity contribution in [3.63, 3.8) is 0 Å². The Hall–Kier alpha value is -2.06. The molecule has 9 aliphatic rings. The van der Waals surface area contributed by atoms with Gasteiger partial charge in [-0.3, -0.25) is 28.2 Å². The van der Waals surface area contributed by atoms with Crippen molar-refractivity contribution in [2.24, 2.45) is 77.3 Å². The van der Waals surface area contributed by atoms with Crippen LogP contribution in [0.3, 0.4) is 0 Å². The molecule has 14 atom stereocenters. The van der Waals surface area contributed by atoms with Crippen molar-refractivity contribution in [2.75, 3.05) is 0 Å². The van der Waals surface area contributed by atoms with Gasteiger partial charge >= 0.3 is 17.1 Å². The molecule has 0 aromatic rings. The zero-order valence-electron chi connectivity index (χ0n) is 30.1. The summed E-state index contributed by atoms with van der Waals surface area (Å²) in [5.41, 5.74) is 0. The van der Waals surface area contributed by atoms with Gasteiger partial charge in [0, 0.05) is 23.7 Å². The second kappa shape index (κ2) is 14.5. The molecule has 8 bridgehead atoms. The first kappa shape index (κ1) is 41.7. The zero-order valence-corrected chi connectivity index (χ0v) is 34.3. The van der Waals surface area contributed by atoms with Crippen LogP contribution in [0.2, 0.25) is 0 Å². The fourth-order valence-corrected chi connectivity index (χ4v) is 14.4. The van der Waals surface area contributed by atoms with Gasteiger partial charge < -0.3 is 20.6 Å². The van der Waals surface area contributed by atoms with Gasteiger partial charge in [-0.15, -0.1) is 0 Å². The van der Waals surface area contributed by atoms with Gasteiger partial charge in [0.05, 0.1) is 32.7 Å².